The molecule has 94 valence electrons. The summed E-state index contributed by atoms with van der Waals surface area (Å²) in [6.45, 7) is 0.566. The van der Waals surface area contributed by atoms with E-state index in [1.165, 1.54) is 11.1 Å². The second kappa shape index (κ2) is 5.56. The molecule has 0 aliphatic heterocycles. The lowest BCUT2D eigenvalue weighted by Gasteiger charge is -2.16. The number of anilines is 1. The quantitative estimate of drug-likeness (QED) is 0.809. The number of hydrogen-bond acceptors (Lipinski definition) is 3. The number of rotatable bonds is 4. The van der Waals surface area contributed by atoms with Crippen LogP contribution in [0, 0.1) is 0 Å². The van der Waals surface area contributed by atoms with E-state index in [9.17, 15) is 0 Å². The van der Waals surface area contributed by atoms with Crippen molar-refractivity contribution in [3.63, 3.8) is 0 Å². The standard InChI is InChI=1S/C15H18N2O/c1-18-14-8-4-12(5-9-14)15(10-16)11-2-6-13(17)7-3-11/h2-9,15H,10,16-17H2,1H3/t15-/m0/s1. The molecule has 4 N–H and O–H groups in total. The first-order chi connectivity index (χ1) is 8.74. The Morgan fingerprint density at radius 2 is 1.44 bits per heavy atom. The molecule has 2 rings (SSSR count). The first-order valence-corrected chi connectivity index (χ1v) is 5.94. The SMILES string of the molecule is COc1ccc([C@@H](CN)c2ccc(N)cc2)cc1. The molecule has 0 bridgehead atoms. The molecule has 0 unspecified atom stereocenters. The number of nitrogen functional groups attached to an aromatic ring is 1. The predicted molar refractivity (Wildman–Crippen MR) is 74.7 cm³/mol. The Morgan fingerprint density at radius 3 is 1.89 bits per heavy atom. The average Bonchev–Trinajstić information content (AvgIpc) is 2.42. The van der Waals surface area contributed by atoms with Crippen LogP contribution >= 0.6 is 0 Å². The van der Waals surface area contributed by atoms with E-state index < -0.39 is 0 Å². The summed E-state index contributed by atoms with van der Waals surface area (Å²) in [7, 11) is 1.66. The van der Waals surface area contributed by atoms with E-state index in [0.717, 1.165) is 11.4 Å². The fraction of sp³-hybridized carbons (Fsp3) is 0.200. The van der Waals surface area contributed by atoms with Crippen molar-refractivity contribution in [3.8, 4) is 5.75 Å². The van der Waals surface area contributed by atoms with Gasteiger partial charge < -0.3 is 16.2 Å². The third-order valence-electron chi connectivity index (χ3n) is 3.09. The van der Waals surface area contributed by atoms with Crippen LogP contribution < -0.4 is 16.2 Å². The summed E-state index contributed by atoms with van der Waals surface area (Å²) in [4.78, 5) is 0. The van der Waals surface area contributed by atoms with Crippen molar-refractivity contribution in [2.45, 2.75) is 5.92 Å². The summed E-state index contributed by atoms with van der Waals surface area (Å²) in [5.41, 5.74) is 14.7. The molecule has 0 saturated carbocycles. The molecule has 0 radical (unpaired) electrons. The van der Waals surface area contributed by atoms with Gasteiger partial charge in [0.05, 0.1) is 7.11 Å². The Kier molecular flexibility index (Phi) is 3.85. The number of methoxy groups -OCH3 is 1. The summed E-state index contributed by atoms with van der Waals surface area (Å²) >= 11 is 0. The maximum atomic E-state index is 5.88. The maximum Gasteiger partial charge on any atom is 0.118 e. The molecule has 2 aromatic carbocycles. The number of nitrogens with two attached hydrogens (primary N) is 2. The van der Waals surface area contributed by atoms with Crippen LogP contribution in [-0.4, -0.2) is 13.7 Å². The van der Waals surface area contributed by atoms with E-state index >= 15 is 0 Å². The molecule has 2 aromatic rings. The molecule has 0 aliphatic carbocycles. The van der Waals surface area contributed by atoms with Crippen molar-refractivity contribution in [1.82, 2.24) is 0 Å². The van der Waals surface area contributed by atoms with Gasteiger partial charge in [-0.25, -0.2) is 0 Å². The summed E-state index contributed by atoms with van der Waals surface area (Å²) in [5, 5.41) is 0. The predicted octanol–water partition coefficient (Wildman–Crippen LogP) is 2.37. The zero-order valence-electron chi connectivity index (χ0n) is 10.5. The second-order valence-electron chi connectivity index (χ2n) is 4.23. The Bertz CT molecular complexity index is 491. The van der Waals surface area contributed by atoms with Crippen LogP contribution in [0.15, 0.2) is 48.5 Å². The molecule has 3 heteroatoms. The van der Waals surface area contributed by atoms with Gasteiger partial charge in [-0.2, -0.15) is 0 Å². The van der Waals surface area contributed by atoms with Crippen molar-refractivity contribution in [3.05, 3.63) is 59.7 Å². The molecule has 1 atom stereocenters. The maximum absolute atomic E-state index is 5.88. The van der Waals surface area contributed by atoms with Crippen LogP contribution in [0.2, 0.25) is 0 Å². The van der Waals surface area contributed by atoms with E-state index in [2.05, 4.69) is 0 Å². The normalized spacial score (nSPS) is 12.1. The zero-order chi connectivity index (χ0) is 13.0. The molecule has 3 nitrogen and oxygen atoms in total. The van der Waals surface area contributed by atoms with E-state index in [1.807, 2.05) is 48.5 Å². The highest BCUT2D eigenvalue weighted by atomic mass is 16.5. The topological polar surface area (TPSA) is 61.3 Å². The van der Waals surface area contributed by atoms with Gasteiger partial charge in [0, 0.05) is 18.2 Å². The fourth-order valence-electron chi connectivity index (χ4n) is 2.03. The molecule has 0 aliphatic rings. The van der Waals surface area contributed by atoms with Gasteiger partial charge in [0.1, 0.15) is 5.75 Å². The third kappa shape index (κ3) is 2.63. The molecule has 0 spiro atoms. The largest absolute Gasteiger partial charge is 0.497 e. The highest BCUT2D eigenvalue weighted by Crippen LogP contribution is 2.25. The minimum atomic E-state index is 0.191. The minimum absolute atomic E-state index is 0.191. The summed E-state index contributed by atoms with van der Waals surface area (Å²) in [5.74, 6) is 1.04. The molecule has 0 aromatic heterocycles. The summed E-state index contributed by atoms with van der Waals surface area (Å²) in [6, 6.07) is 15.9. The van der Waals surface area contributed by atoms with Crippen LogP contribution in [0.5, 0.6) is 5.75 Å². The van der Waals surface area contributed by atoms with Gasteiger partial charge in [-0.1, -0.05) is 24.3 Å². The molecule has 18 heavy (non-hydrogen) atoms. The lowest BCUT2D eigenvalue weighted by atomic mass is 9.91. The Balaban J connectivity index is 2.29. The lowest BCUT2D eigenvalue weighted by molar-refractivity contribution is 0.414. The van der Waals surface area contributed by atoms with E-state index in [0.29, 0.717) is 6.54 Å². The van der Waals surface area contributed by atoms with Crippen LogP contribution in [0.3, 0.4) is 0 Å². The smallest absolute Gasteiger partial charge is 0.118 e. The fourth-order valence-corrected chi connectivity index (χ4v) is 2.03. The minimum Gasteiger partial charge on any atom is -0.497 e. The van der Waals surface area contributed by atoms with Crippen molar-refractivity contribution < 1.29 is 4.74 Å². The van der Waals surface area contributed by atoms with Gasteiger partial charge >= 0.3 is 0 Å². The Hall–Kier alpha value is -2.00. The highest BCUT2D eigenvalue weighted by molar-refractivity contribution is 5.43. The number of hydrogen-bond donors (Lipinski definition) is 2. The van der Waals surface area contributed by atoms with E-state index in [-0.39, 0.29) is 5.92 Å². The summed E-state index contributed by atoms with van der Waals surface area (Å²) < 4.78 is 5.16. The van der Waals surface area contributed by atoms with Crippen LogP contribution in [0.25, 0.3) is 0 Å². The van der Waals surface area contributed by atoms with E-state index in [1.54, 1.807) is 7.11 Å². The second-order valence-corrected chi connectivity index (χ2v) is 4.23. The molecule has 0 heterocycles. The van der Waals surface area contributed by atoms with Crippen LogP contribution in [0.1, 0.15) is 17.0 Å². The third-order valence-corrected chi connectivity index (χ3v) is 3.09. The summed E-state index contributed by atoms with van der Waals surface area (Å²) in [6.07, 6.45) is 0. The van der Waals surface area contributed by atoms with E-state index in [4.69, 9.17) is 16.2 Å². The average molecular weight is 242 g/mol. The van der Waals surface area contributed by atoms with Gasteiger partial charge in [-0.15, -0.1) is 0 Å². The van der Waals surface area contributed by atoms with Crippen molar-refractivity contribution in [2.24, 2.45) is 5.73 Å². The monoisotopic (exact) mass is 242 g/mol. The van der Waals surface area contributed by atoms with Gasteiger partial charge in [-0.3, -0.25) is 0 Å². The zero-order valence-corrected chi connectivity index (χ0v) is 10.5. The molecule has 0 saturated heterocycles. The molecular formula is C15H18N2O. The Labute approximate surface area is 107 Å². The molecule has 0 fully saturated rings. The van der Waals surface area contributed by atoms with Gasteiger partial charge in [0.2, 0.25) is 0 Å². The Morgan fingerprint density at radius 1 is 0.944 bits per heavy atom. The first-order valence-electron chi connectivity index (χ1n) is 5.94. The van der Waals surface area contributed by atoms with Crippen molar-refractivity contribution in [1.29, 1.82) is 0 Å². The van der Waals surface area contributed by atoms with Gasteiger partial charge in [0.15, 0.2) is 0 Å². The number of benzene rings is 2. The van der Waals surface area contributed by atoms with Gasteiger partial charge in [0.25, 0.3) is 0 Å². The van der Waals surface area contributed by atoms with Gasteiger partial charge in [-0.05, 0) is 35.4 Å². The lowest BCUT2D eigenvalue weighted by Crippen LogP contribution is -2.13. The molecule has 0 amide bonds. The van der Waals surface area contributed by atoms with Crippen molar-refractivity contribution >= 4 is 5.69 Å². The van der Waals surface area contributed by atoms with Crippen LogP contribution in [0.4, 0.5) is 5.69 Å². The molecular weight excluding hydrogens is 224 g/mol. The highest BCUT2D eigenvalue weighted by Gasteiger charge is 2.12. The van der Waals surface area contributed by atoms with Crippen molar-refractivity contribution in [2.75, 3.05) is 19.4 Å². The first kappa shape index (κ1) is 12.5. The number of ether oxygens (including phenoxy) is 1. The van der Waals surface area contributed by atoms with Crippen LogP contribution in [-0.2, 0) is 0 Å².